The maximum absolute atomic E-state index is 12.4. The van der Waals surface area contributed by atoms with Crippen molar-refractivity contribution < 1.29 is 22.7 Å². The van der Waals surface area contributed by atoms with Gasteiger partial charge >= 0.3 is 0 Å². The maximum Gasteiger partial charge on any atom is 0.270 e. The summed E-state index contributed by atoms with van der Waals surface area (Å²) in [7, 11) is -2.33. The molecular formula is C16H22N4O5S2. The summed E-state index contributed by atoms with van der Waals surface area (Å²) in [5, 5.41) is 10.0. The van der Waals surface area contributed by atoms with E-state index in [2.05, 4.69) is 20.2 Å². The lowest BCUT2D eigenvalue weighted by Gasteiger charge is -2.11. The normalized spacial score (nSPS) is 11.4. The van der Waals surface area contributed by atoms with Crippen molar-refractivity contribution in [2.75, 3.05) is 19.0 Å². The molecule has 1 aromatic heterocycles. The highest BCUT2D eigenvalue weighted by atomic mass is 32.2. The Balaban J connectivity index is 2.08. The van der Waals surface area contributed by atoms with Crippen LogP contribution in [0.3, 0.4) is 0 Å². The summed E-state index contributed by atoms with van der Waals surface area (Å²) < 4.78 is 37.7. The molecule has 1 amide bonds. The summed E-state index contributed by atoms with van der Waals surface area (Å²) in [6.07, 6.45) is 0. The number of carbonyl (C=O) groups is 1. The molecular weight excluding hydrogens is 392 g/mol. The van der Waals surface area contributed by atoms with Gasteiger partial charge in [-0.3, -0.25) is 4.79 Å². The minimum Gasteiger partial charge on any atom is -0.493 e. The number of benzene rings is 1. The number of nitrogens with one attached hydrogen (secondary N) is 2. The number of methoxy groups -OCH3 is 1. The molecule has 11 heteroatoms. The Kier molecular flexibility index (Phi) is 7.11. The van der Waals surface area contributed by atoms with E-state index in [1.54, 1.807) is 32.0 Å². The van der Waals surface area contributed by atoms with Gasteiger partial charge in [0.15, 0.2) is 11.5 Å². The van der Waals surface area contributed by atoms with Crippen molar-refractivity contribution in [1.82, 2.24) is 14.9 Å². The topological polar surface area (TPSA) is 120 Å². The first-order valence-electron chi connectivity index (χ1n) is 8.20. The predicted octanol–water partition coefficient (Wildman–Crippen LogP) is 2.02. The molecule has 9 nitrogen and oxygen atoms in total. The summed E-state index contributed by atoms with van der Waals surface area (Å²) in [6, 6.07) is 5.15. The van der Waals surface area contributed by atoms with E-state index in [-0.39, 0.29) is 27.8 Å². The fraction of sp³-hybridized carbons (Fsp3) is 0.438. The van der Waals surface area contributed by atoms with E-state index < -0.39 is 10.0 Å². The van der Waals surface area contributed by atoms with Crippen molar-refractivity contribution in [2.45, 2.75) is 31.7 Å². The van der Waals surface area contributed by atoms with Crippen LogP contribution in [0, 0.1) is 5.92 Å². The first kappa shape index (κ1) is 21.1. The molecule has 0 saturated carbocycles. The van der Waals surface area contributed by atoms with E-state index in [4.69, 9.17) is 9.47 Å². The van der Waals surface area contributed by atoms with E-state index in [9.17, 15) is 13.2 Å². The number of carbonyl (C=O) groups excluding carboxylic acids is 1. The van der Waals surface area contributed by atoms with Gasteiger partial charge in [0.05, 0.1) is 13.7 Å². The molecule has 0 atom stereocenters. The average molecular weight is 415 g/mol. The quantitative estimate of drug-likeness (QED) is 0.602. The summed E-state index contributed by atoms with van der Waals surface area (Å²) in [5.41, 5.74) is 0.695. The third-order valence-corrected chi connectivity index (χ3v) is 5.99. The van der Waals surface area contributed by atoms with Gasteiger partial charge < -0.3 is 14.8 Å². The van der Waals surface area contributed by atoms with Crippen LogP contribution in [0.4, 0.5) is 5.13 Å². The van der Waals surface area contributed by atoms with Gasteiger partial charge in [-0.25, -0.2) is 13.1 Å². The molecule has 1 aromatic carbocycles. The third-order valence-electron chi connectivity index (χ3n) is 3.39. The van der Waals surface area contributed by atoms with Crippen LogP contribution < -0.4 is 19.5 Å². The molecule has 27 heavy (non-hydrogen) atoms. The zero-order chi connectivity index (χ0) is 20.0. The number of amides is 1. The number of ether oxygens (including phenoxy) is 2. The second-order valence-corrected chi connectivity index (χ2v) is 8.68. The van der Waals surface area contributed by atoms with Crippen LogP contribution in [0.1, 0.15) is 26.3 Å². The minimum atomic E-state index is -3.86. The van der Waals surface area contributed by atoms with Gasteiger partial charge in [-0.2, -0.15) is 0 Å². The summed E-state index contributed by atoms with van der Waals surface area (Å²) in [4.78, 5) is 11.7. The second-order valence-electron chi connectivity index (χ2n) is 5.76. The Morgan fingerprint density at radius 1 is 1.26 bits per heavy atom. The largest absolute Gasteiger partial charge is 0.493 e. The van der Waals surface area contributed by atoms with Crippen molar-refractivity contribution in [3.63, 3.8) is 0 Å². The molecule has 0 aliphatic rings. The van der Waals surface area contributed by atoms with Gasteiger partial charge in [0.2, 0.25) is 15.4 Å². The maximum atomic E-state index is 12.4. The molecule has 0 spiro atoms. The zero-order valence-electron chi connectivity index (χ0n) is 15.5. The van der Waals surface area contributed by atoms with Crippen molar-refractivity contribution >= 4 is 32.4 Å². The van der Waals surface area contributed by atoms with Gasteiger partial charge in [0.25, 0.3) is 10.0 Å². The van der Waals surface area contributed by atoms with E-state index in [1.807, 2.05) is 6.92 Å². The van der Waals surface area contributed by atoms with Crippen LogP contribution in [0.25, 0.3) is 0 Å². The van der Waals surface area contributed by atoms with E-state index >= 15 is 0 Å². The molecule has 0 aliphatic heterocycles. The number of aromatic nitrogens is 2. The van der Waals surface area contributed by atoms with Crippen molar-refractivity contribution in [3.8, 4) is 11.5 Å². The summed E-state index contributed by atoms with van der Waals surface area (Å²) >= 11 is 0.789. The van der Waals surface area contributed by atoms with Crippen LogP contribution in [0.5, 0.6) is 11.5 Å². The minimum absolute atomic E-state index is 0.0413. The van der Waals surface area contributed by atoms with Gasteiger partial charge in [-0.05, 0) is 24.6 Å². The van der Waals surface area contributed by atoms with Gasteiger partial charge in [0.1, 0.15) is 0 Å². The fourth-order valence-electron chi connectivity index (χ4n) is 1.96. The standard InChI is InChI=1S/C16H22N4O5S2/c1-5-25-13-8-11(6-7-12(13)24-4)9-17-27(22,23)16-20-19-15(26-16)18-14(21)10(2)3/h6-8,10,17H,5,9H2,1-4H3,(H,18,19,21). The van der Waals surface area contributed by atoms with Crippen molar-refractivity contribution in [3.05, 3.63) is 23.8 Å². The first-order chi connectivity index (χ1) is 12.8. The number of hydrogen-bond donors (Lipinski definition) is 2. The number of rotatable bonds is 9. The van der Waals surface area contributed by atoms with Crippen molar-refractivity contribution in [1.29, 1.82) is 0 Å². The van der Waals surface area contributed by atoms with Crippen LogP contribution in [-0.2, 0) is 21.4 Å². The monoisotopic (exact) mass is 414 g/mol. The number of sulfonamides is 1. The van der Waals surface area contributed by atoms with Crippen LogP contribution in [0.2, 0.25) is 0 Å². The van der Waals surface area contributed by atoms with E-state index in [0.717, 1.165) is 11.3 Å². The number of anilines is 1. The summed E-state index contributed by atoms with van der Waals surface area (Å²) in [5.74, 6) is 0.593. The molecule has 0 radical (unpaired) electrons. The molecule has 2 N–H and O–H groups in total. The lowest BCUT2D eigenvalue weighted by Crippen LogP contribution is -2.23. The van der Waals surface area contributed by atoms with Gasteiger partial charge in [0, 0.05) is 12.5 Å². The highest BCUT2D eigenvalue weighted by Gasteiger charge is 2.21. The molecule has 2 rings (SSSR count). The lowest BCUT2D eigenvalue weighted by molar-refractivity contribution is -0.118. The highest BCUT2D eigenvalue weighted by molar-refractivity contribution is 7.91. The molecule has 0 saturated heterocycles. The highest BCUT2D eigenvalue weighted by Crippen LogP contribution is 2.28. The Hall–Kier alpha value is -2.24. The molecule has 0 aliphatic carbocycles. The van der Waals surface area contributed by atoms with Crippen LogP contribution >= 0.6 is 11.3 Å². The number of hydrogen-bond acceptors (Lipinski definition) is 8. The fourth-order valence-corrected chi connectivity index (χ4v) is 3.92. The van der Waals surface area contributed by atoms with Crippen LogP contribution in [-0.4, -0.2) is 38.2 Å². The molecule has 148 valence electrons. The smallest absolute Gasteiger partial charge is 0.270 e. The second kappa shape index (κ2) is 9.11. The molecule has 0 unspecified atom stereocenters. The van der Waals surface area contributed by atoms with E-state index in [1.165, 1.54) is 7.11 Å². The Morgan fingerprint density at radius 3 is 2.63 bits per heavy atom. The summed E-state index contributed by atoms with van der Waals surface area (Å²) in [6.45, 7) is 5.79. The average Bonchev–Trinajstić information content (AvgIpc) is 3.10. The molecule has 0 bridgehead atoms. The SMILES string of the molecule is CCOc1cc(CNS(=O)(=O)c2nnc(NC(=O)C(C)C)s2)ccc1OC. The molecule has 1 heterocycles. The molecule has 0 fully saturated rings. The molecule has 2 aromatic rings. The lowest BCUT2D eigenvalue weighted by atomic mass is 10.2. The Labute approximate surface area is 162 Å². The Morgan fingerprint density at radius 2 is 2.00 bits per heavy atom. The van der Waals surface area contributed by atoms with Crippen molar-refractivity contribution in [2.24, 2.45) is 5.92 Å². The van der Waals surface area contributed by atoms with Gasteiger partial charge in [-0.1, -0.05) is 31.3 Å². The number of nitrogens with zero attached hydrogens (tertiary/aromatic N) is 2. The van der Waals surface area contributed by atoms with E-state index in [0.29, 0.717) is 23.7 Å². The first-order valence-corrected chi connectivity index (χ1v) is 10.5. The Bertz CT molecular complexity index is 896. The van der Waals surface area contributed by atoms with Crippen LogP contribution in [0.15, 0.2) is 22.5 Å². The zero-order valence-corrected chi connectivity index (χ0v) is 17.1. The van der Waals surface area contributed by atoms with Gasteiger partial charge in [-0.15, -0.1) is 10.2 Å². The third kappa shape index (κ3) is 5.62. The predicted molar refractivity (Wildman–Crippen MR) is 102 cm³/mol.